The highest BCUT2D eigenvalue weighted by molar-refractivity contribution is 6.08. The summed E-state index contributed by atoms with van der Waals surface area (Å²) in [5.74, 6) is -0.617. The van der Waals surface area contributed by atoms with Crippen LogP contribution in [0.2, 0.25) is 0 Å². The fourth-order valence-corrected chi connectivity index (χ4v) is 3.00. The molecule has 6 N–H and O–H groups in total. The molecule has 0 bridgehead atoms. The minimum atomic E-state index is -1.66. The van der Waals surface area contributed by atoms with Crippen molar-refractivity contribution in [2.45, 2.75) is 30.7 Å². The second-order valence-corrected chi connectivity index (χ2v) is 6.65. The first-order valence-electron chi connectivity index (χ1n) is 9.10. The van der Waals surface area contributed by atoms with Gasteiger partial charge in [-0.05, 0) is 36.4 Å². The summed E-state index contributed by atoms with van der Waals surface area (Å²) in [6, 6.07) is 10.6. The molecule has 2 aromatic carbocycles. The van der Waals surface area contributed by atoms with Crippen molar-refractivity contribution in [1.29, 1.82) is 0 Å². The van der Waals surface area contributed by atoms with Gasteiger partial charge >= 0.3 is 0 Å². The Labute approximate surface area is 171 Å². The number of benzene rings is 2. The zero-order chi connectivity index (χ0) is 21.8. The third kappa shape index (κ3) is 4.48. The van der Waals surface area contributed by atoms with Crippen LogP contribution in [0.15, 0.2) is 42.5 Å². The standard InChI is InChI=1S/C20H23NO9/c1-28-11-7-5-10(6-8-11)21-19(27)15-12(23)3-2-4-13(15)29-20-18(26)17(25)16(24)14(9-22)30-20/h2-8,14,16-18,20,22-26H,9H2,1H3,(H,21,27)/t14-,16-,17+,18-,20-/m1/s1. The van der Waals surface area contributed by atoms with Crippen LogP contribution < -0.4 is 14.8 Å². The van der Waals surface area contributed by atoms with Gasteiger partial charge in [-0.2, -0.15) is 0 Å². The lowest BCUT2D eigenvalue weighted by atomic mass is 9.99. The number of methoxy groups -OCH3 is 1. The van der Waals surface area contributed by atoms with Crippen LogP contribution in [0.4, 0.5) is 5.69 Å². The number of phenolic OH excluding ortho intramolecular Hbond substituents is 1. The molecule has 0 saturated carbocycles. The van der Waals surface area contributed by atoms with Gasteiger partial charge in [-0.1, -0.05) is 6.07 Å². The van der Waals surface area contributed by atoms with E-state index in [2.05, 4.69) is 5.32 Å². The molecule has 1 fully saturated rings. The average molecular weight is 421 g/mol. The Balaban J connectivity index is 1.82. The Morgan fingerprint density at radius 1 is 1.07 bits per heavy atom. The monoisotopic (exact) mass is 421 g/mol. The first kappa shape index (κ1) is 21.8. The number of aromatic hydroxyl groups is 1. The molecule has 1 aliphatic heterocycles. The first-order chi connectivity index (χ1) is 14.3. The molecule has 10 heteroatoms. The third-order valence-corrected chi connectivity index (χ3v) is 4.67. The van der Waals surface area contributed by atoms with E-state index in [-0.39, 0.29) is 17.1 Å². The Bertz CT molecular complexity index is 871. The maximum atomic E-state index is 12.8. The maximum absolute atomic E-state index is 12.8. The zero-order valence-electron chi connectivity index (χ0n) is 16.0. The molecular formula is C20H23NO9. The van der Waals surface area contributed by atoms with Gasteiger partial charge in [0.2, 0.25) is 6.29 Å². The van der Waals surface area contributed by atoms with Crippen molar-refractivity contribution in [3.8, 4) is 17.2 Å². The predicted octanol–water partition coefficient (Wildman–Crippen LogP) is -0.168. The molecule has 1 saturated heterocycles. The lowest BCUT2D eigenvalue weighted by Gasteiger charge is -2.39. The van der Waals surface area contributed by atoms with E-state index in [1.54, 1.807) is 24.3 Å². The van der Waals surface area contributed by atoms with Crippen molar-refractivity contribution >= 4 is 11.6 Å². The number of carbonyl (C=O) groups is 1. The molecule has 5 atom stereocenters. The number of nitrogens with one attached hydrogen (secondary N) is 1. The summed E-state index contributed by atoms with van der Waals surface area (Å²) in [5.41, 5.74) is 0.202. The van der Waals surface area contributed by atoms with Crippen LogP contribution in [0.1, 0.15) is 10.4 Å². The molecule has 0 unspecified atom stereocenters. The summed E-state index contributed by atoms with van der Waals surface area (Å²) >= 11 is 0. The van der Waals surface area contributed by atoms with Gasteiger partial charge in [-0.25, -0.2) is 0 Å². The number of carbonyl (C=O) groups excluding carboxylic acids is 1. The van der Waals surface area contributed by atoms with Crippen LogP contribution in [0.3, 0.4) is 0 Å². The van der Waals surface area contributed by atoms with Gasteiger partial charge in [0.25, 0.3) is 5.91 Å². The van der Waals surface area contributed by atoms with Crippen molar-refractivity contribution in [3.05, 3.63) is 48.0 Å². The van der Waals surface area contributed by atoms with Crippen LogP contribution >= 0.6 is 0 Å². The Morgan fingerprint density at radius 2 is 1.77 bits per heavy atom. The summed E-state index contributed by atoms with van der Waals surface area (Å²) in [6.07, 6.45) is -7.54. The number of rotatable bonds is 6. The number of hydrogen-bond acceptors (Lipinski definition) is 9. The minimum Gasteiger partial charge on any atom is -0.507 e. The Morgan fingerprint density at radius 3 is 2.40 bits per heavy atom. The molecule has 30 heavy (non-hydrogen) atoms. The maximum Gasteiger partial charge on any atom is 0.263 e. The van der Waals surface area contributed by atoms with Crippen LogP contribution in [-0.4, -0.2) is 75.9 Å². The van der Waals surface area contributed by atoms with Gasteiger partial charge in [0, 0.05) is 5.69 Å². The van der Waals surface area contributed by atoms with Crippen molar-refractivity contribution in [2.24, 2.45) is 0 Å². The number of phenols is 1. The van der Waals surface area contributed by atoms with E-state index in [0.29, 0.717) is 11.4 Å². The van der Waals surface area contributed by atoms with E-state index in [0.717, 1.165) is 0 Å². The van der Waals surface area contributed by atoms with Crippen LogP contribution in [-0.2, 0) is 4.74 Å². The Hall–Kier alpha value is -2.89. The highest BCUT2D eigenvalue weighted by atomic mass is 16.7. The molecular weight excluding hydrogens is 398 g/mol. The molecule has 1 heterocycles. The van der Waals surface area contributed by atoms with E-state index in [4.69, 9.17) is 14.2 Å². The SMILES string of the molecule is COc1ccc(NC(=O)c2c(O)cccc2O[C@@H]2O[C@H](CO)[C@@H](O)[C@H](O)[C@H]2O)cc1. The Kier molecular flexibility index (Phi) is 6.75. The van der Waals surface area contributed by atoms with E-state index in [1.165, 1.54) is 25.3 Å². The number of aliphatic hydroxyl groups is 4. The van der Waals surface area contributed by atoms with E-state index in [1.807, 2.05) is 0 Å². The third-order valence-electron chi connectivity index (χ3n) is 4.67. The highest BCUT2D eigenvalue weighted by Crippen LogP contribution is 2.32. The van der Waals surface area contributed by atoms with Crippen LogP contribution in [0.25, 0.3) is 0 Å². The normalized spacial score (nSPS) is 26.1. The van der Waals surface area contributed by atoms with Gasteiger partial charge in [0.15, 0.2) is 0 Å². The van der Waals surface area contributed by atoms with Crippen molar-refractivity contribution in [1.82, 2.24) is 0 Å². The smallest absolute Gasteiger partial charge is 0.263 e. The summed E-state index contributed by atoms with van der Waals surface area (Å²) in [7, 11) is 1.51. The second kappa shape index (κ2) is 9.28. The molecule has 0 radical (unpaired) electrons. The van der Waals surface area contributed by atoms with Gasteiger partial charge in [-0.15, -0.1) is 0 Å². The largest absolute Gasteiger partial charge is 0.507 e. The fraction of sp³-hybridized carbons (Fsp3) is 0.350. The van der Waals surface area contributed by atoms with Crippen LogP contribution in [0, 0.1) is 0 Å². The molecule has 1 aliphatic rings. The van der Waals surface area contributed by atoms with Crippen LogP contribution in [0.5, 0.6) is 17.2 Å². The molecule has 162 valence electrons. The summed E-state index contributed by atoms with van der Waals surface area (Å²) < 4.78 is 15.9. The van der Waals surface area contributed by atoms with Gasteiger partial charge in [0.05, 0.1) is 13.7 Å². The number of amides is 1. The number of ether oxygens (including phenoxy) is 3. The summed E-state index contributed by atoms with van der Waals surface area (Å²) in [6.45, 7) is -0.629. The lowest BCUT2D eigenvalue weighted by Crippen LogP contribution is -2.60. The van der Waals surface area contributed by atoms with E-state index >= 15 is 0 Å². The predicted molar refractivity (Wildman–Crippen MR) is 103 cm³/mol. The van der Waals surface area contributed by atoms with Gasteiger partial charge in [0.1, 0.15) is 47.2 Å². The van der Waals surface area contributed by atoms with E-state index in [9.17, 15) is 30.3 Å². The number of hydrogen-bond donors (Lipinski definition) is 6. The highest BCUT2D eigenvalue weighted by Gasteiger charge is 2.45. The zero-order valence-corrected chi connectivity index (χ0v) is 16.0. The van der Waals surface area contributed by atoms with Crippen molar-refractivity contribution in [2.75, 3.05) is 19.0 Å². The van der Waals surface area contributed by atoms with Gasteiger partial charge < -0.3 is 45.1 Å². The lowest BCUT2D eigenvalue weighted by molar-refractivity contribution is -0.277. The van der Waals surface area contributed by atoms with E-state index < -0.39 is 43.2 Å². The topological polar surface area (TPSA) is 158 Å². The first-order valence-corrected chi connectivity index (χ1v) is 9.10. The quantitative estimate of drug-likeness (QED) is 0.372. The molecule has 2 aromatic rings. The van der Waals surface area contributed by atoms with Crippen molar-refractivity contribution < 1.29 is 44.5 Å². The fourth-order valence-electron chi connectivity index (χ4n) is 3.00. The second-order valence-electron chi connectivity index (χ2n) is 6.65. The average Bonchev–Trinajstić information content (AvgIpc) is 2.74. The number of aliphatic hydroxyl groups excluding tert-OH is 4. The molecule has 0 aliphatic carbocycles. The van der Waals surface area contributed by atoms with Gasteiger partial charge in [-0.3, -0.25) is 4.79 Å². The summed E-state index contributed by atoms with van der Waals surface area (Å²) in [4.78, 5) is 12.8. The van der Waals surface area contributed by atoms with Crippen molar-refractivity contribution in [3.63, 3.8) is 0 Å². The molecule has 10 nitrogen and oxygen atoms in total. The molecule has 1 amide bonds. The number of anilines is 1. The minimum absolute atomic E-state index is 0.134. The molecule has 3 rings (SSSR count). The molecule has 0 spiro atoms. The molecule has 0 aromatic heterocycles. The summed E-state index contributed by atoms with van der Waals surface area (Å²) in [5, 5.41) is 52.0.